The van der Waals surface area contributed by atoms with Gasteiger partial charge in [0.2, 0.25) is 10.0 Å². The molecule has 0 saturated carbocycles. The second kappa shape index (κ2) is 5.17. The van der Waals surface area contributed by atoms with Crippen LogP contribution in [0.15, 0.2) is 29.2 Å². The van der Waals surface area contributed by atoms with E-state index in [1.165, 1.54) is 12.1 Å². The normalized spacial score (nSPS) is 15.8. The lowest BCUT2D eigenvalue weighted by atomic mass is 9.94. The first kappa shape index (κ1) is 13.5. The standard InChI is InChI=1S/C11H16ClNO2S/c1-3-11(8(2)12)9-4-6-10(7-5-9)16(13,14)15/h4-8,11H,3H2,1-2H3,(H2,13,14,15). The van der Waals surface area contributed by atoms with Gasteiger partial charge in [-0.1, -0.05) is 19.1 Å². The van der Waals surface area contributed by atoms with Crippen molar-refractivity contribution in [2.45, 2.75) is 36.5 Å². The first-order chi connectivity index (χ1) is 7.36. The van der Waals surface area contributed by atoms with Crippen LogP contribution >= 0.6 is 11.6 Å². The summed E-state index contributed by atoms with van der Waals surface area (Å²) in [6, 6.07) is 6.58. The Morgan fingerprint density at radius 3 is 2.12 bits per heavy atom. The Labute approximate surface area is 102 Å². The molecule has 2 unspecified atom stereocenters. The molecule has 0 aliphatic carbocycles. The zero-order valence-corrected chi connectivity index (χ0v) is 10.9. The number of sulfonamides is 1. The van der Waals surface area contributed by atoms with Crippen LogP contribution in [-0.4, -0.2) is 13.8 Å². The average Bonchev–Trinajstić information content (AvgIpc) is 2.17. The van der Waals surface area contributed by atoms with E-state index >= 15 is 0 Å². The van der Waals surface area contributed by atoms with Crippen LogP contribution in [0.5, 0.6) is 0 Å². The largest absolute Gasteiger partial charge is 0.238 e. The van der Waals surface area contributed by atoms with Gasteiger partial charge in [-0.2, -0.15) is 0 Å². The molecule has 3 nitrogen and oxygen atoms in total. The Bertz CT molecular complexity index is 440. The van der Waals surface area contributed by atoms with Crippen molar-refractivity contribution in [1.82, 2.24) is 0 Å². The molecule has 1 aromatic rings. The third-order valence-corrected chi connectivity index (χ3v) is 3.86. The van der Waals surface area contributed by atoms with E-state index in [-0.39, 0.29) is 16.2 Å². The molecule has 90 valence electrons. The fourth-order valence-corrected chi connectivity index (χ4v) is 2.57. The maximum absolute atomic E-state index is 11.1. The molecule has 5 heteroatoms. The highest BCUT2D eigenvalue weighted by atomic mass is 35.5. The van der Waals surface area contributed by atoms with Gasteiger partial charge >= 0.3 is 0 Å². The molecule has 2 N–H and O–H groups in total. The van der Waals surface area contributed by atoms with Crippen LogP contribution in [0.3, 0.4) is 0 Å². The highest BCUT2D eigenvalue weighted by Gasteiger charge is 2.16. The fraction of sp³-hybridized carbons (Fsp3) is 0.455. The van der Waals surface area contributed by atoms with Gasteiger partial charge in [0.25, 0.3) is 0 Å². The molecule has 0 aliphatic heterocycles. The first-order valence-electron chi connectivity index (χ1n) is 5.13. The van der Waals surface area contributed by atoms with Gasteiger partial charge in [0.15, 0.2) is 0 Å². The number of hydrogen-bond acceptors (Lipinski definition) is 2. The monoisotopic (exact) mass is 261 g/mol. The second-order valence-electron chi connectivity index (χ2n) is 3.81. The quantitative estimate of drug-likeness (QED) is 0.847. The number of alkyl halides is 1. The van der Waals surface area contributed by atoms with Gasteiger partial charge in [0.1, 0.15) is 0 Å². The Morgan fingerprint density at radius 2 is 1.81 bits per heavy atom. The SMILES string of the molecule is CCC(c1ccc(S(N)(=O)=O)cc1)C(C)Cl. The van der Waals surface area contributed by atoms with Crippen molar-refractivity contribution < 1.29 is 8.42 Å². The molecule has 1 rings (SSSR count). The van der Waals surface area contributed by atoms with E-state index in [2.05, 4.69) is 6.92 Å². The maximum Gasteiger partial charge on any atom is 0.238 e. The summed E-state index contributed by atoms with van der Waals surface area (Å²) in [4.78, 5) is 0.133. The average molecular weight is 262 g/mol. The summed E-state index contributed by atoms with van der Waals surface area (Å²) in [7, 11) is -3.61. The third kappa shape index (κ3) is 3.20. The molecule has 16 heavy (non-hydrogen) atoms. The molecular weight excluding hydrogens is 246 g/mol. The highest BCUT2D eigenvalue weighted by Crippen LogP contribution is 2.27. The predicted molar refractivity (Wildman–Crippen MR) is 66.2 cm³/mol. The van der Waals surface area contributed by atoms with Crippen LogP contribution in [0.25, 0.3) is 0 Å². The smallest absolute Gasteiger partial charge is 0.225 e. The summed E-state index contributed by atoms with van der Waals surface area (Å²) in [6.45, 7) is 3.99. The molecule has 0 heterocycles. The second-order valence-corrected chi connectivity index (χ2v) is 6.06. The molecule has 0 spiro atoms. The summed E-state index contributed by atoms with van der Waals surface area (Å²) >= 11 is 6.07. The van der Waals surface area contributed by atoms with E-state index < -0.39 is 10.0 Å². The van der Waals surface area contributed by atoms with Crippen molar-refractivity contribution in [3.05, 3.63) is 29.8 Å². The van der Waals surface area contributed by atoms with E-state index in [0.29, 0.717) is 0 Å². The summed E-state index contributed by atoms with van der Waals surface area (Å²) < 4.78 is 22.1. The van der Waals surface area contributed by atoms with E-state index in [1.807, 2.05) is 6.92 Å². The molecule has 0 amide bonds. The minimum Gasteiger partial charge on any atom is -0.225 e. The molecule has 0 aromatic heterocycles. The lowest BCUT2D eigenvalue weighted by Crippen LogP contribution is -2.13. The lowest BCUT2D eigenvalue weighted by Gasteiger charge is -2.17. The fourth-order valence-electron chi connectivity index (χ4n) is 1.73. The number of primary sulfonamides is 1. The Morgan fingerprint density at radius 1 is 1.31 bits per heavy atom. The van der Waals surface area contributed by atoms with E-state index in [1.54, 1.807) is 12.1 Å². The van der Waals surface area contributed by atoms with E-state index in [0.717, 1.165) is 12.0 Å². The molecular formula is C11H16ClNO2S. The minimum atomic E-state index is -3.61. The first-order valence-corrected chi connectivity index (χ1v) is 7.11. The number of rotatable bonds is 4. The molecule has 0 fully saturated rings. The van der Waals surface area contributed by atoms with Crippen LogP contribution < -0.4 is 5.14 Å². The molecule has 0 saturated heterocycles. The number of benzene rings is 1. The predicted octanol–water partition coefficient (Wildman–Crippen LogP) is 2.45. The van der Waals surface area contributed by atoms with Gasteiger partial charge in [-0.05, 0) is 37.0 Å². The zero-order chi connectivity index (χ0) is 12.3. The zero-order valence-electron chi connectivity index (χ0n) is 9.35. The van der Waals surface area contributed by atoms with Gasteiger partial charge in [-0.3, -0.25) is 0 Å². The molecule has 0 aliphatic rings. The van der Waals surface area contributed by atoms with Crippen LogP contribution in [0.4, 0.5) is 0 Å². The molecule has 0 radical (unpaired) electrons. The van der Waals surface area contributed by atoms with Gasteiger partial charge in [-0.15, -0.1) is 11.6 Å². The Balaban J connectivity index is 3.03. The van der Waals surface area contributed by atoms with Crippen molar-refractivity contribution in [1.29, 1.82) is 0 Å². The maximum atomic E-state index is 11.1. The van der Waals surface area contributed by atoms with Crippen LogP contribution in [-0.2, 0) is 10.0 Å². The van der Waals surface area contributed by atoms with Gasteiger partial charge in [-0.25, -0.2) is 13.6 Å². The number of hydrogen-bond donors (Lipinski definition) is 1. The summed E-state index contributed by atoms with van der Waals surface area (Å²) in [5.41, 5.74) is 1.04. The molecule has 1 aromatic carbocycles. The number of halogens is 1. The molecule has 0 bridgehead atoms. The lowest BCUT2D eigenvalue weighted by molar-refractivity contribution is 0.597. The van der Waals surface area contributed by atoms with Crippen molar-refractivity contribution >= 4 is 21.6 Å². The van der Waals surface area contributed by atoms with E-state index in [9.17, 15) is 8.42 Å². The minimum absolute atomic E-state index is 0.0188. The van der Waals surface area contributed by atoms with Crippen LogP contribution in [0, 0.1) is 0 Å². The van der Waals surface area contributed by atoms with Crippen LogP contribution in [0.1, 0.15) is 31.7 Å². The van der Waals surface area contributed by atoms with Gasteiger partial charge in [0.05, 0.1) is 4.90 Å². The molecule has 2 atom stereocenters. The summed E-state index contributed by atoms with van der Waals surface area (Å²) in [5, 5.41) is 5.04. The number of nitrogens with two attached hydrogens (primary N) is 1. The van der Waals surface area contributed by atoms with Crippen LogP contribution in [0.2, 0.25) is 0 Å². The van der Waals surface area contributed by atoms with Crippen molar-refractivity contribution in [2.75, 3.05) is 0 Å². The Hall–Kier alpha value is -0.580. The van der Waals surface area contributed by atoms with Crippen molar-refractivity contribution in [2.24, 2.45) is 5.14 Å². The Kier molecular flexibility index (Phi) is 4.35. The van der Waals surface area contributed by atoms with Crippen molar-refractivity contribution in [3.8, 4) is 0 Å². The summed E-state index contributed by atoms with van der Waals surface area (Å²) in [6.07, 6.45) is 0.916. The third-order valence-electron chi connectivity index (χ3n) is 2.63. The van der Waals surface area contributed by atoms with Gasteiger partial charge < -0.3 is 0 Å². The van der Waals surface area contributed by atoms with Gasteiger partial charge in [0, 0.05) is 5.38 Å². The summed E-state index contributed by atoms with van der Waals surface area (Å²) in [5.74, 6) is 0.233. The van der Waals surface area contributed by atoms with E-state index in [4.69, 9.17) is 16.7 Å². The highest BCUT2D eigenvalue weighted by molar-refractivity contribution is 7.89. The topological polar surface area (TPSA) is 60.2 Å². The van der Waals surface area contributed by atoms with Crippen molar-refractivity contribution in [3.63, 3.8) is 0 Å².